The van der Waals surface area contributed by atoms with Crippen molar-refractivity contribution in [3.05, 3.63) is 29.8 Å². The number of benzene rings is 1. The third-order valence-corrected chi connectivity index (χ3v) is 11.1. The zero-order valence-electron chi connectivity index (χ0n) is 40.0. The molecular weight excluding hydrogens is 969 g/mol. The summed E-state index contributed by atoms with van der Waals surface area (Å²) in [5, 5.41) is 64.1. The summed E-state index contributed by atoms with van der Waals surface area (Å²) in [6.45, 7) is -2.70. The van der Waals surface area contributed by atoms with Crippen molar-refractivity contribution in [2.24, 2.45) is 33.7 Å². The molecule has 22 N–H and O–H groups in total. The van der Waals surface area contributed by atoms with E-state index < -0.39 is 152 Å². The van der Waals surface area contributed by atoms with Gasteiger partial charge in [-0.15, -0.1) is 0 Å². The molecule has 1 aliphatic heterocycles. The van der Waals surface area contributed by atoms with Crippen molar-refractivity contribution >= 4 is 71.1 Å². The Hall–Kier alpha value is -7.70. The summed E-state index contributed by atoms with van der Waals surface area (Å²) in [4.78, 5) is 148. The average molecular weight is 1040 g/mol. The highest BCUT2D eigenvalue weighted by atomic mass is 16.4. The predicted octanol–water partition coefficient (Wildman–Crippen LogP) is -7.73. The molecule has 1 aromatic rings. The Morgan fingerprint density at radius 1 is 0.658 bits per heavy atom. The van der Waals surface area contributed by atoms with Crippen LogP contribution in [0.25, 0.3) is 0 Å². The number of unbranched alkanes of at least 4 members (excludes halogenated alkanes) is 1. The first-order valence-corrected chi connectivity index (χ1v) is 23.1. The molecule has 1 heterocycles. The van der Waals surface area contributed by atoms with Crippen LogP contribution in [0.4, 0.5) is 0 Å². The van der Waals surface area contributed by atoms with E-state index in [9.17, 15) is 73.2 Å². The van der Waals surface area contributed by atoms with Gasteiger partial charge in [0.15, 0.2) is 5.96 Å². The highest BCUT2D eigenvalue weighted by Gasteiger charge is 2.40. The molecule has 0 spiro atoms. The molecule has 8 atom stereocenters. The smallest absolute Gasteiger partial charge is 0.322 e. The van der Waals surface area contributed by atoms with Crippen LogP contribution in [0, 0.1) is 0 Å². The molecule has 73 heavy (non-hydrogen) atoms. The van der Waals surface area contributed by atoms with Crippen molar-refractivity contribution in [1.82, 2.24) is 42.1 Å². The van der Waals surface area contributed by atoms with Gasteiger partial charge in [-0.3, -0.25) is 57.7 Å². The number of nitrogens with zero attached hydrogens (tertiary/aromatic N) is 2. The SMILES string of the molecule is NCCCC[C@H](NC(=O)[C@H](CO)NC(=O)[C@H](CC(=O)O)NC(=O)[C@H](CCC(N)=O)NC(=O)[C@@H](N)Cc1ccc(O)cc1)C(=O)N[C@@H](CCCN=C(N)N)C(=O)N1CCC[C@H]1C(=O)N[C@@H](CO)C(=O)NCC(=O)O. The number of likely N-dealkylation sites (tertiary alicyclic amines) is 1. The van der Waals surface area contributed by atoms with E-state index in [1.807, 2.05) is 5.32 Å². The number of nitrogens with one attached hydrogen (secondary N) is 7. The molecule has 406 valence electrons. The Labute approximate surface area is 418 Å². The van der Waals surface area contributed by atoms with Gasteiger partial charge in [0.2, 0.25) is 53.2 Å². The number of carboxylic acids is 2. The Kier molecular flexibility index (Phi) is 26.6. The lowest BCUT2D eigenvalue weighted by Crippen LogP contribution is -2.61. The van der Waals surface area contributed by atoms with E-state index in [4.69, 9.17) is 33.8 Å². The summed E-state index contributed by atoms with van der Waals surface area (Å²) in [5.74, 6) is -12.3. The summed E-state index contributed by atoms with van der Waals surface area (Å²) in [7, 11) is 0. The van der Waals surface area contributed by atoms with Gasteiger partial charge in [-0.1, -0.05) is 12.1 Å². The van der Waals surface area contributed by atoms with Crippen LogP contribution in [-0.2, 0) is 59.2 Å². The largest absolute Gasteiger partial charge is 0.508 e. The molecule has 1 saturated heterocycles. The summed E-state index contributed by atoms with van der Waals surface area (Å²) in [6, 6.07) is -6.70. The van der Waals surface area contributed by atoms with E-state index in [1.54, 1.807) is 0 Å². The number of phenols is 1. The van der Waals surface area contributed by atoms with Crippen LogP contribution < -0.4 is 65.9 Å². The number of hydrogen-bond donors (Lipinski definition) is 17. The number of primary amides is 1. The minimum atomic E-state index is -1.97. The van der Waals surface area contributed by atoms with Crippen molar-refractivity contribution in [3.63, 3.8) is 0 Å². The number of aliphatic imine (C=N–C) groups is 1. The Balaban J connectivity index is 2.33. The van der Waals surface area contributed by atoms with Crippen LogP contribution in [0.15, 0.2) is 29.3 Å². The van der Waals surface area contributed by atoms with Crippen molar-refractivity contribution in [2.45, 2.75) is 119 Å². The lowest BCUT2D eigenvalue weighted by atomic mass is 10.0. The van der Waals surface area contributed by atoms with Crippen LogP contribution in [0.3, 0.4) is 0 Å². The molecule has 0 aliphatic carbocycles. The standard InChI is InChI=1S/C43H68N14O16/c44-14-2-1-5-25(37(68)53-27(6-3-15-49-43(47)48)42(73)57-16-4-7-31(57)41(72)56-29(20-58)36(67)50-19-34(64)65)52-40(71)30(21-59)55-39(70)28(18-33(62)63)54-38(69)26(12-13-32(46)61)51-35(66)24(45)17-22-8-10-23(60)11-9-22/h8-11,24-31,58-60H,1-7,12-21,44-45H2,(H2,46,61)(H,50,67)(H,51,66)(H,52,71)(H,53,68)(H,54,69)(H,55,70)(H,56,72)(H,62,63)(H,64,65)(H4,47,48,49)/t24-,25-,26-,27-,28-,29-,30-,31-/m0/s1. The number of hydrogen-bond acceptors (Lipinski definition) is 17. The summed E-state index contributed by atoms with van der Waals surface area (Å²) in [5.41, 5.74) is 28.4. The fourth-order valence-electron chi connectivity index (χ4n) is 7.25. The van der Waals surface area contributed by atoms with Crippen molar-refractivity contribution < 1.29 is 78.3 Å². The zero-order chi connectivity index (χ0) is 54.8. The Bertz CT molecular complexity index is 2130. The molecule has 0 radical (unpaired) electrons. The first-order valence-electron chi connectivity index (χ1n) is 23.1. The number of carbonyl (C=O) groups is 11. The minimum absolute atomic E-state index is 0.00295. The molecule has 1 aliphatic rings. The molecule has 0 saturated carbocycles. The fourth-order valence-corrected chi connectivity index (χ4v) is 7.25. The number of carbonyl (C=O) groups excluding carboxylic acids is 9. The molecule has 1 fully saturated rings. The average Bonchev–Trinajstić information content (AvgIpc) is 3.83. The number of rotatable bonds is 33. The molecule has 0 bridgehead atoms. The number of phenolic OH excluding ortho intramolecular Hbond substituents is 1. The quantitative estimate of drug-likeness (QED) is 0.0177. The highest BCUT2D eigenvalue weighted by molar-refractivity contribution is 5.99. The second-order valence-corrected chi connectivity index (χ2v) is 16.8. The number of aliphatic hydroxyl groups excluding tert-OH is 2. The van der Waals surface area contributed by atoms with E-state index in [0.29, 0.717) is 18.4 Å². The number of amides is 9. The van der Waals surface area contributed by atoms with Crippen LogP contribution >= 0.6 is 0 Å². The van der Waals surface area contributed by atoms with Gasteiger partial charge in [0.25, 0.3) is 0 Å². The maximum absolute atomic E-state index is 14.2. The summed E-state index contributed by atoms with van der Waals surface area (Å²) in [6.07, 6.45) is -1.24. The van der Waals surface area contributed by atoms with Crippen LogP contribution in [0.5, 0.6) is 5.75 Å². The van der Waals surface area contributed by atoms with Crippen molar-refractivity contribution in [1.29, 1.82) is 0 Å². The Morgan fingerprint density at radius 3 is 1.77 bits per heavy atom. The molecule has 9 amide bonds. The third-order valence-electron chi connectivity index (χ3n) is 11.1. The van der Waals surface area contributed by atoms with Gasteiger partial charge < -0.3 is 96.3 Å². The zero-order valence-corrected chi connectivity index (χ0v) is 40.0. The lowest BCUT2D eigenvalue weighted by molar-refractivity contribution is -0.143. The molecule has 0 unspecified atom stereocenters. The second-order valence-electron chi connectivity index (χ2n) is 16.8. The van der Waals surface area contributed by atoms with Crippen molar-refractivity contribution in [3.8, 4) is 5.75 Å². The van der Waals surface area contributed by atoms with Gasteiger partial charge in [-0.25, -0.2) is 0 Å². The second kappa shape index (κ2) is 31.6. The number of nitrogens with two attached hydrogens (primary N) is 5. The van der Waals surface area contributed by atoms with E-state index >= 15 is 0 Å². The van der Waals surface area contributed by atoms with Gasteiger partial charge >= 0.3 is 11.9 Å². The van der Waals surface area contributed by atoms with Crippen LogP contribution in [-0.4, -0.2) is 189 Å². The maximum atomic E-state index is 14.2. The predicted molar refractivity (Wildman–Crippen MR) is 254 cm³/mol. The van der Waals surface area contributed by atoms with E-state index in [2.05, 4.69) is 36.9 Å². The monoisotopic (exact) mass is 1040 g/mol. The first-order chi connectivity index (χ1) is 34.5. The molecule has 2 rings (SSSR count). The lowest BCUT2D eigenvalue weighted by Gasteiger charge is -2.31. The van der Waals surface area contributed by atoms with Crippen LogP contribution in [0.2, 0.25) is 0 Å². The Morgan fingerprint density at radius 2 is 1.19 bits per heavy atom. The summed E-state index contributed by atoms with van der Waals surface area (Å²) < 4.78 is 0. The number of aliphatic hydroxyl groups is 2. The van der Waals surface area contributed by atoms with Crippen LogP contribution in [0.1, 0.15) is 69.8 Å². The van der Waals surface area contributed by atoms with Gasteiger partial charge in [-0.05, 0) is 82.0 Å². The van der Waals surface area contributed by atoms with Gasteiger partial charge in [0, 0.05) is 19.5 Å². The number of aliphatic carboxylic acids is 2. The minimum Gasteiger partial charge on any atom is -0.508 e. The van der Waals surface area contributed by atoms with Crippen molar-refractivity contribution in [2.75, 3.05) is 39.4 Å². The number of aromatic hydroxyl groups is 1. The van der Waals surface area contributed by atoms with E-state index in [-0.39, 0.29) is 69.9 Å². The fraction of sp³-hybridized carbons (Fsp3) is 0.581. The topological polar surface area (TPSA) is 519 Å². The molecule has 30 heteroatoms. The van der Waals surface area contributed by atoms with Gasteiger partial charge in [-0.2, -0.15) is 0 Å². The van der Waals surface area contributed by atoms with Gasteiger partial charge in [0.05, 0.1) is 25.7 Å². The maximum Gasteiger partial charge on any atom is 0.322 e. The van der Waals surface area contributed by atoms with E-state index in [1.165, 1.54) is 24.3 Å². The number of guanidine groups is 1. The van der Waals surface area contributed by atoms with Gasteiger partial charge in [0.1, 0.15) is 54.6 Å². The molecular formula is C43H68N14O16. The molecule has 1 aromatic carbocycles. The summed E-state index contributed by atoms with van der Waals surface area (Å²) >= 11 is 0. The normalized spacial score (nSPS) is 15.8. The van der Waals surface area contributed by atoms with E-state index in [0.717, 1.165) is 4.90 Å². The third kappa shape index (κ3) is 22.1. The highest BCUT2D eigenvalue weighted by Crippen LogP contribution is 2.21. The first kappa shape index (κ1) is 61.4. The molecule has 30 nitrogen and oxygen atoms in total. The number of carboxylic acid groups (broad SMARTS) is 2. The molecule has 0 aromatic heterocycles.